The lowest BCUT2D eigenvalue weighted by molar-refractivity contribution is 0.415. The molecule has 21 heavy (non-hydrogen) atoms. The van der Waals surface area contributed by atoms with E-state index in [9.17, 15) is 8.42 Å². The number of methoxy groups -OCH3 is 1. The van der Waals surface area contributed by atoms with Crippen LogP contribution in [0.4, 0.5) is 0 Å². The van der Waals surface area contributed by atoms with Crippen molar-refractivity contribution in [1.29, 1.82) is 0 Å². The highest BCUT2D eigenvalue weighted by atomic mass is 79.9. The van der Waals surface area contributed by atoms with Crippen LogP contribution in [0.3, 0.4) is 0 Å². The fourth-order valence-electron chi connectivity index (χ4n) is 1.90. The van der Waals surface area contributed by atoms with Gasteiger partial charge in [0.25, 0.3) is 14.2 Å². The Labute approximate surface area is 135 Å². The fourth-order valence-corrected chi connectivity index (χ4v) is 3.31. The monoisotopic (exact) mass is 393 g/mol. The van der Waals surface area contributed by atoms with E-state index in [4.69, 9.17) is 15.4 Å². The van der Waals surface area contributed by atoms with Crippen LogP contribution in [0.15, 0.2) is 27.8 Å². The van der Waals surface area contributed by atoms with Crippen LogP contribution in [0.25, 0.3) is 11.4 Å². The molecule has 0 bridgehead atoms. The molecule has 0 atom stereocenters. The number of ether oxygens (including phenoxy) is 1. The van der Waals surface area contributed by atoms with Crippen LogP contribution in [0, 0.1) is 0 Å². The van der Waals surface area contributed by atoms with Crippen molar-refractivity contribution in [1.82, 2.24) is 14.8 Å². The van der Waals surface area contributed by atoms with Crippen molar-refractivity contribution in [3.63, 3.8) is 0 Å². The topological polar surface area (TPSA) is 74.1 Å². The number of rotatable bonds is 4. The van der Waals surface area contributed by atoms with E-state index in [1.54, 1.807) is 25.3 Å². The molecule has 1 aromatic heterocycles. The van der Waals surface area contributed by atoms with Crippen molar-refractivity contribution in [2.75, 3.05) is 7.11 Å². The molecule has 0 amide bonds. The molecule has 0 saturated carbocycles. The first-order valence-corrected chi connectivity index (χ1v) is 9.09. The van der Waals surface area contributed by atoms with Crippen molar-refractivity contribution in [2.24, 2.45) is 0 Å². The highest BCUT2D eigenvalue weighted by molar-refractivity contribution is 9.10. The van der Waals surface area contributed by atoms with Gasteiger partial charge in [0.1, 0.15) is 5.75 Å². The molecular weight excluding hydrogens is 382 g/mol. The lowest BCUT2D eigenvalue weighted by Gasteiger charge is -2.14. The lowest BCUT2D eigenvalue weighted by Crippen LogP contribution is -2.10. The number of aromatic nitrogens is 3. The molecule has 9 heteroatoms. The lowest BCUT2D eigenvalue weighted by atomic mass is 10.2. The summed E-state index contributed by atoms with van der Waals surface area (Å²) in [5.74, 6) is 1.02. The van der Waals surface area contributed by atoms with Crippen LogP contribution < -0.4 is 4.74 Å². The van der Waals surface area contributed by atoms with E-state index in [1.807, 2.05) is 13.8 Å². The molecule has 0 spiro atoms. The first-order valence-electron chi connectivity index (χ1n) is 5.99. The maximum Gasteiger partial charge on any atom is 0.296 e. The molecule has 2 aromatic rings. The second-order valence-corrected chi connectivity index (χ2v) is 7.87. The molecular formula is C12H13BrClN3O3S. The summed E-state index contributed by atoms with van der Waals surface area (Å²) in [4.78, 5) is 0. The predicted molar refractivity (Wildman–Crippen MR) is 83.1 cm³/mol. The van der Waals surface area contributed by atoms with Gasteiger partial charge in [-0.1, -0.05) is 15.9 Å². The van der Waals surface area contributed by atoms with Gasteiger partial charge in [-0.15, -0.1) is 10.2 Å². The Morgan fingerprint density at radius 1 is 1.33 bits per heavy atom. The predicted octanol–water partition coefficient (Wildman–Crippen LogP) is 3.22. The van der Waals surface area contributed by atoms with Crippen LogP contribution >= 0.6 is 26.6 Å². The van der Waals surface area contributed by atoms with E-state index in [1.165, 1.54) is 4.57 Å². The van der Waals surface area contributed by atoms with Crippen LogP contribution in [0.2, 0.25) is 0 Å². The van der Waals surface area contributed by atoms with Gasteiger partial charge in [0.2, 0.25) is 0 Å². The summed E-state index contributed by atoms with van der Waals surface area (Å²) in [6.45, 7) is 3.65. The molecule has 0 aliphatic rings. The molecule has 2 rings (SSSR count). The van der Waals surface area contributed by atoms with Crippen LogP contribution in [0.5, 0.6) is 5.75 Å². The normalized spacial score (nSPS) is 11.9. The third kappa shape index (κ3) is 3.22. The molecule has 0 N–H and O–H groups in total. The molecule has 1 heterocycles. The quantitative estimate of drug-likeness (QED) is 0.744. The summed E-state index contributed by atoms with van der Waals surface area (Å²) in [7, 11) is 2.99. The number of halogens is 2. The first-order chi connectivity index (χ1) is 9.75. The van der Waals surface area contributed by atoms with Crippen molar-refractivity contribution in [3.05, 3.63) is 22.7 Å². The molecule has 0 radical (unpaired) electrons. The van der Waals surface area contributed by atoms with E-state index < -0.39 is 9.05 Å². The Hall–Kier alpha value is -1.12. The van der Waals surface area contributed by atoms with Crippen molar-refractivity contribution >= 4 is 35.7 Å². The van der Waals surface area contributed by atoms with Gasteiger partial charge in [-0.25, -0.2) is 8.42 Å². The van der Waals surface area contributed by atoms with Gasteiger partial charge < -0.3 is 4.74 Å². The van der Waals surface area contributed by atoms with Crippen molar-refractivity contribution in [2.45, 2.75) is 25.0 Å². The van der Waals surface area contributed by atoms with E-state index in [-0.39, 0.29) is 11.2 Å². The summed E-state index contributed by atoms with van der Waals surface area (Å²) in [5, 5.41) is 7.41. The van der Waals surface area contributed by atoms with Gasteiger partial charge in [0, 0.05) is 26.8 Å². The van der Waals surface area contributed by atoms with E-state index in [0.29, 0.717) is 17.1 Å². The zero-order valence-electron chi connectivity index (χ0n) is 11.5. The van der Waals surface area contributed by atoms with Gasteiger partial charge in [0.15, 0.2) is 5.82 Å². The summed E-state index contributed by atoms with van der Waals surface area (Å²) in [6, 6.07) is 5.14. The third-order valence-electron chi connectivity index (χ3n) is 2.81. The Bertz CT molecular complexity index is 774. The van der Waals surface area contributed by atoms with Crippen LogP contribution in [0.1, 0.15) is 19.9 Å². The first kappa shape index (κ1) is 16.3. The minimum Gasteiger partial charge on any atom is -0.497 e. The highest BCUT2D eigenvalue weighted by Gasteiger charge is 2.26. The average molecular weight is 395 g/mol. The minimum atomic E-state index is -3.98. The van der Waals surface area contributed by atoms with Gasteiger partial charge in [-0.05, 0) is 32.0 Å². The molecule has 6 nitrogen and oxygen atoms in total. The van der Waals surface area contributed by atoms with Crippen molar-refractivity contribution in [3.8, 4) is 17.1 Å². The SMILES string of the molecule is COc1ccc(Br)c(-c2nnc(S(=O)(=O)Cl)n2C(C)C)c1. The van der Waals surface area contributed by atoms with Crippen LogP contribution in [-0.2, 0) is 9.05 Å². The number of benzene rings is 1. The number of hydrogen-bond donors (Lipinski definition) is 0. The summed E-state index contributed by atoms with van der Waals surface area (Å²) in [6.07, 6.45) is 0. The second kappa shape index (κ2) is 5.94. The van der Waals surface area contributed by atoms with Gasteiger partial charge in [-0.2, -0.15) is 0 Å². The molecule has 0 fully saturated rings. The molecule has 1 aromatic carbocycles. The Balaban J connectivity index is 2.74. The minimum absolute atomic E-state index is 0.184. The van der Waals surface area contributed by atoms with Crippen LogP contribution in [-0.4, -0.2) is 30.3 Å². The molecule has 114 valence electrons. The zero-order valence-corrected chi connectivity index (χ0v) is 14.7. The van der Waals surface area contributed by atoms with Gasteiger partial charge in [-0.3, -0.25) is 4.57 Å². The van der Waals surface area contributed by atoms with Crippen molar-refractivity contribution < 1.29 is 13.2 Å². The third-order valence-corrected chi connectivity index (χ3v) is 4.63. The smallest absolute Gasteiger partial charge is 0.296 e. The standard InChI is InChI=1S/C12H13BrClN3O3S/c1-7(2)17-11(15-16-12(17)21(14,18)19)9-6-8(20-3)4-5-10(9)13/h4-7H,1-3H3. The molecule has 0 unspecified atom stereocenters. The summed E-state index contributed by atoms with van der Waals surface area (Å²) >= 11 is 3.42. The number of hydrogen-bond acceptors (Lipinski definition) is 5. The highest BCUT2D eigenvalue weighted by Crippen LogP contribution is 2.33. The van der Waals surface area contributed by atoms with E-state index in [2.05, 4.69) is 26.1 Å². The van der Waals surface area contributed by atoms with E-state index in [0.717, 1.165) is 4.47 Å². The fraction of sp³-hybridized carbons (Fsp3) is 0.333. The van der Waals surface area contributed by atoms with E-state index >= 15 is 0 Å². The van der Waals surface area contributed by atoms with Gasteiger partial charge >= 0.3 is 0 Å². The molecule has 0 aliphatic heterocycles. The summed E-state index contributed by atoms with van der Waals surface area (Å²) in [5.41, 5.74) is 0.669. The maximum atomic E-state index is 11.6. The Morgan fingerprint density at radius 3 is 2.52 bits per heavy atom. The Kier molecular flexibility index (Phi) is 4.60. The average Bonchev–Trinajstić information content (AvgIpc) is 2.84. The summed E-state index contributed by atoms with van der Waals surface area (Å²) < 4.78 is 30.6. The Morgan fingerprint density at radius 2 is 2.00 bits per heavy atom. The second-order valence-electron chi connectivity index (χ2n) is 4.55. The van der Waals surface area contributed by atoms with Gasteiger partial charge in [0.05, 0.1) is 7.11 Å². The molecule has 0 aliphatic carbocycles. The number of nitrogens with zero attached hydrogens (tertiary/aromatic N) is 3. The molecule has 0 saturated heterocycles. The largest absolute Gasteiger partial charge is 0.497 e. The zero-order chi connectivity index (χ0) is 15.8. The maximum absolute atomic E-state index is 11.6.